The summed E-state index contributed by atoms with van der Waals surface area (Å²) in [5.74, 6) is -0.154. The number of amides is 2. The number of carbonyl (C=O) groups is 3. The minimum Gasteiger partial charge on any atom is -0.493 e. The van der Waals surface area contributed by atoms with Crippen LogP contribution in [0.4, 0.5) is 0 Å². The highest BCUT2D eigenvalue weighted by Crippen LogP contribution is 2.28. The molecule has 0 unspecified atom stereocenters. The molecule has 0 saturated heterocycles. The summed E-state index contributed by atoms with van der Waals surface area (Å²) in [4.78, 5) is 37.3. The predicted molar refractivity (Wildman–Crippen MR) is 125 cm³/mol. The molecule has 33 heavy (non-hydrogen) atoms. The van der Waals surface area contributed by atoms with E-state index in [1.807, 2.05) is 6.07 Å². The molecule has 7 heteroatoms. The van der Waals surface area contributed by atoms with Crippen molar-refractivity contribution in [2.24, 2.45) is 0 Å². The first kappa shape index (κ1) is 23.5. The quantitative estimate of drug-likeness (QED) is 0.292. The summed E-state index contributed by atoms with van der Waals surface area (Å²) in [6, 6.07) is 19.9. The average molecular weight is 447 g/mol. The normalized spacial score (nSPS) is 10.2. The van der Waals surface area contributed by atoms with Crippen LogP contribution in [0.2, 0.25) is 0 Å². The van der Waals surface area contributed by atoms with Gasteiger partial charge in [-0.2, -0.15) is 0 Å². The van der Waals surface area contributed by atoms with E-state index in [4.69, 9.17) is 9.47 Å². The lowest BCUT2D eigenvalue weighted by molar-refractivity contribution is 0.0846. The standard InChI is InChI=1S/C26H26N2O5/c1-3-4-16-33-22-15-14-21(17-23(22)32-2)26(31)28-27-25(30)20-12-10-19(11-13-20)24(29)18-8-6-5-7-9-18/h5-15,17H,3-4,16H2,1-2H3,(H,27,30)(H,28,31). The van der Waals surface area contributed by atoms with Crippen LogP contribution in [0.15, 0.2) is 72.8 Å². The van der Waals surface area contributed by atoms with E-state index in [-0.39, 0.29) is 5.78 Å². The van der Waals surface area contributed by atoms with Crippen molar-refractivity contribution in [2.75, 3.05) is 13.7 Å². The molecule has 0 aliphatic carbocycles. The molecule has 0 aromatic heterocycles. The van der Waals surface area contributed by atoms with Crippen molar-refractivity contribution < 1.29 is 23.9 Å². The third-order valence-electron chi connectivity index (χ3n) is 4.92. The lowest BCUT2D eigenvalue weighted by Gasteiger charge is -2.12. The summed E-state index contributed by atoms with van der Waals surface area (Å²) in [7, 11) is 1.50. The highest BCUT2D eigenvalue weighted by atomic mass is 16.5. The summed E-state index contributed by atoms with van der Waals surface area (Å²) in [5, 5.41) is 0. The van der Waals surface area contributed by atoms with Crippen LogP contribution < -0.4 is 20.3 Å². The van der Waals surface area contributed by atoms with E-state index in [2.05, 4.69) is 17.8 Å². The molecule has 0 heterocycles. The van der Waals surface area contributed by atoms with Crippen LogP contribution in [0.5, 0.6) is 11.5 Å². The van der Waals surface area contributed by atoms with Crippen molar-refractivity contribution >= 4 is 17.6 Å². The average Bonchev–Trinajstić information content (AvgIpc) is 2.87. The zero-order valence-electron chi connectivity index (χ0n) is 18.6. The van der Waals surface area contributed by atoms with Crippen molar-refractivity contribution in [3.05, 3.63) is 95.1 Å². The Labute approximate surface area is 192 Å². The molecule has 2 amide bonds. The van der Waals surface area contributed by atoms with Crippen molar-refractivity contribution in [3.8, 4) is 11.5 Å². The zero-order valence-corrected chi connectivity index (χ0v) is 18.6. The molecule has 170 valence electrons. The van der Waals surface area contributed by atoms with E-state index < -0.39 is 11.8 Å². The molecule has 0 bridgehead atoms. The highest BCUT2D eigenvalue weighted by molar-refractivity contribution is 6.09. The number of ketones is 1. The second kappa shape index (κ2) is 11.5. The molecule has 3 aromatic rings. The second-order valence-electron chi connectivity index (χ2n) is 7.25. The maximum atomic E-state index is 12.5. The molecule has 0 atom stereocenters. The van der Waals surface area contributed by atoms with Gasteiger partial charge in [-0.1, -0.05) is 55.8 Å². The Morgan fingerprint density at radius 2 is 1.30 bits per heavy atom. The number of rotatable bonds is 9. The SMILES string of the molecule is CCCCOc1ccc(C(=O)NNC(=O)c2ccc(C(=O)c3ccccc3)cc2)cc1OC. The highest BCUT2D eigenvalue weighted by Gasteiger charge is 2.14. The molecule has 7 nitrogen and oxygen atoms in total. The number of methoxy groups -OCH3 is 1. The van der Waals surface area contributed by atoms with Gasteiger partial charge in [0.25, 0.3) is 11.8 Å². The van der Waals surface area contributed by atoms with Crippen LogP contribution in [0, 0.1) is 0 Å². The van der Waals surface area contributed by atoms with Crippen LogP contribution in [-0.2, 0) is 0 Å². The molecule has 3 rings (SSSR count). The maximum Gasteiger partial charge on any atom is 0.269 e. The van der Waals surface area contributed by atoms with E-state index in [0.717, 1.165) is 12.8 Å². The Morgan fingerprint density at radius 3 is 1.94 bits per heavy atom. The number of hydrogen-bond donors (Lipinski definition) is 2. The molecule has 0 radical (unpaired) electrons. The molecule has 0 spiro atoms. The lowest BCUT2D eigenvalue weighted by atomic mass is 10.0. The number of nitrogens with one attached hydrogen (secondary N) is 2. The monoisotopic (exact) mass is 446 g/mol. The summed E-state index contributed by atoms with van der Waals surface area (Å²) in [5.41, 5.74) is 6.40. The first-order valence-electron chi connectivity index (χ1n) is 10.6. The summed E-state index contributed by atoms with van der Waals surface area (Å²) in [6.45, 7) is 2.63. The predicted octanol–water partition coefficient (Wildman–Crippen LogP) is 4.18. The van der Waals surface area contributed by atoms with Gasteiger partial charge < -0.3 is 9.47 Å². The Bertz CT molecular complexity index is 1110. The second-order valence-corrected chi connectivity index (χ2v) is 7.25. The van der Waals surface area contributed by atoms with E-state index in [9.17, 15) is 14.4 Å². The van der Waals surface area contributed by atoms with Gasteiger partial charge in [-0.3, -0.25) is 25.2 Å². The fourth-order valence-corrected chi connectivity index (χ4v) is 3.04. The summed E-state index contributed by atoms with van der Waals surface area (Å²) >= 11 is 0. The van der Waals surface area contributed by atoms with Gasteiger partial charge in [0.15, 0.2) is 17.3 Å². The zero-order chi connectivity index (χ0) is 23.6. The van der Waals surface area contributed by atoms with Gasteiger partial charge in [0.2, 0.25) is 0 Å². The number of ether oxygens (including phenoxy) is 2. The van der Waals surface area contributed by atoms with Crippen molar-refractivity contribution in [1.82, 2.24) is 10.9 Å². The van der Waals surface area contributed by atoms with Gasteiger partial charge in [0.05, 0.1) is 13.7 Å². The van der Waals surface area contributed by atoms with Gasteiger partial charge in [-0.05, 0) is 36.8 Å². The van der Waals surface area contributed by atoms with Gasteiger partial charge in [0.1, 0.15) is 0 Å². The van der Waals surface area contributed by atoms with Crippen LogP contribution >= 0.6 is 0 Å². The molecular weight excluding hydrogens is 420 g/mol. The minimum atomic E-state index is -0.506. The Kier molecular flexibility index (Phi) is 8.18. The largest absolute Gasteiger partial charge is 0.493 e. The third-order valence-corrected chi connectivity index (χ3v) is 4.92. The van der Waals surface area contributed by atoms with E-state index >= 15 is 0 Å². The van der Waals surface area contributed by atoms with Crippen molar-refractivity contribution in [2.45, 2.75) is 19.8 Å². The topological polar surface area (TPSA) is 93.7 Å². The fourth-order valence-electron chi connectivity index (χ4n) is 3.04. The Hall–Kier alpha value is -4.13. The maximum absolute atomic E-state index is 12.5. The van der Waals surface area contributed by atoms with E-state index in [0.29, 0.717) is 40.4 Å². The first-order valence-corrected chi connectivity index (χ1v) is 10.6. The first-order chi connectivity index (χ1) is 16.0. The van der Waals surface area contributed by atoms with Crippen molar-refractivity contribution in [3.63, 3.8) is 0 Å². The summed E-state index contributed by atoms with van der Waals surface area (Å²) < 4.78 is 11.0. The van der Waals surface area contributed by atoms with Crippen LogP contribution in [0.1, 0.15) is 56.4 Å². The number of hydrogen-bond acceptors (Lipinski definition) is 5. The minimum absolute atomic E-state index is 0.132. The van der Waals surface area contributed by atoms with E-state index in [1.165, 1.54) is 19.2 Å². The molecule has 0 fully saturated rings. The third kappa shape index (κ3) is 6.20. The van der Waals surface area contributed by atoms with Gasteiger partial charge in [-0.25, -0.2) is 0 Å². The molecule has 3 aromatic carbocycles. The van der Waals surface area contributed by atoms with E-state index in [1.54, 1.807) is 54.6 Å². The van der Waals surface area contributed by atoms with Crippen LogP contribution in [0.3, 0.4) is 0 Å². The molecule has 0 aliphatic heterocycles. The van der Waals surface area contributed by atoms with Crippen molar-refractivity contribution in [1.29, 1.82) is 0 Å². The fraction of sp³-hybridized carbons (Fsp3) is 0.192. The van der Waals surface area contributed by atoms with Gasteiger partial charge >= 0.3 is 0 Å². The van der Waals surface area contributed by atoms with Crippen LogP contribution in [-0.4, -0.2) is 31.3 Å². The Balaban J connectivity index is 1.59. The molecule has 0 aliphatic rings. The lowest BCUT2D eigenvalue weighted by Crippen LogP contribution is -2.41. The Morgan fingerprint density at radius 1 is 0.727 bits per heavy atom. The van der Waals surface area contributed by atoms with Crippen LogP contribution in [0.25, 0.3) is 0 Å². The van der Waals surface area contributed by atoms with Gasteiger partial charge in [-0.15, -0.1) is 0 Å². The smallest absolute Gasteiger partial charge is 0.269 e. The molecular formula is C26H26N2O5. The molecule has 2 N–H and O–H groups in total. The number of hydrazine groups is 1. The summed E-state index contributed by atoms with van der Waals surface area (Å²) in [6.07, 6.45) is 1.92. The number of unbranched alkanes of at least 4 members (excludes halogenated alkanes) is 1. The number of benzene rings is 3. The number of carbonyl (C=O) groups excluding carboxylic acids is 3. The van der Waals surface area contributed by atoms with Gasteiger partial charge in [0, 0.05) is 22.3 Å². The molecule has 0 saturated carbocycles.